The number of carbonyl (C=O) groups is 3. The maximum atomic E-state index is 13.1. The second-order valence-electron chi connectivity index (χ2n) is 6.35. The summed E-state index contributed by atoms with van der Waals surface area (Å²) < 4.78 is 0.774. The molecule has 1 aliphatic heterocycles. The molecule has 1 atom stereocenters. The Hall–Kier alpha value is -2.99. The minimum Gasteiger partial charge on any atom is -0.480 e. The summed E-state index contributed by atoms with van der Waals surface area (Å²) in [4.78, 5) is 39.0. The van der Waals surface area contributed by atoms with Crippen LogP contribution >= 0.6 is 15.9 Å². The third kappa shape index (κ3) is 2.82. The molecule has 0 saturated carbocycles. The molecule has 0 spiro atoms. The normalized spacial score (nSPS) is 14.5. The highest BCUT2D eigenvalue weighted by Gasteiger charge is 2.40. The van der Waals surface area contributed by atoms with Crippen molar-refractivity contribution < 1.29 is 19.5 Å². The summed E-state index contributed by atoms with van der Waals surface area (Å²) in [6.45, 7) is 0. The molecule has 2 amide bonds. The van der Waals surface area contributed by atoms with Crippen LogP contribution in [0.5, 0.6) is 0 Å². The number of nitrogens with zero attached hydrogens (tertiary/aromatic N) is 1. The van der Waals surface area contributed by atoms with Gasteiger partial charge in [-0.25, -0.2) is 4.79 Å². The Morgan fingerprint density at radius 3 is 2.26 bits per heavy atom. The maximum Gasteiger partial charge on any atom is 0.327 e. The molecule has 4 rings (SSSR count). The summed E-state index contributed by atoms with van der Waals surface area (Å²) >= 11 is 3.44. The SMILES string of the molecule is O=C(O)[C@H](Cc1ccccc1)N1C(=O)c2cccc3c(Br)ccc(c23)C1=O. The van der Waals surface area contributed by atoms with Crippen LogP contribution in [0.2, 0.25) is 0 Å². The lowest BCUT2D eigenvalue weighted by molar-refractivity contribution is -0.141. The van der Waals surface area contributed by atoms with Crippen LogP contribution in [0, 0.1) is 0 Å². The summed E-state index contributed by atoms with van der Waals surface area (Å²) in [6.07, 6.45) is 0.0511. The molecule has 0 saturated heterocycles. The van der Waals surface area contributed by atoms with Crippen molar-refractivity contribution in [2.24, 2.45) is 0 Å². The van der Waals surface area contributed by atoms with Gasteiger partial charge in [-0.1, -0.05) is 58.4 Å². The van der Waals surface area contributed by atoms with Gasteiger partial charge in [0, 0.05) is 27.4 Å². The Labute approximate surface area is 163 Å². The van der Waals surface area contributed by atoms with Crippen LogP contribution in [0.1, 0.15) is 26.3 Å². The Balaban J connectivity index is 1.84. The zero-order valence-electron chi connectivity index (χ0n) is 14.1. The molecule has 0 fully saturated rings. The number of rotatable bonds is 4. The Bertz CT molecular complexity index is 1070. The minimum atomic E-state index is -1.28. The van der Waals surface area contributed by atoms with E-state index in [-0.39, 0.29) is 6.42 Å². The Morgan fingerprint density at radius 2 is 1.59 bits per heavy atom. The maximum absolute atomic E-state index is 13.1. The zero-order chi connectivity index (χ0) is 19.1. The van der Waals surface area contributed by atoms with Gasteiger partial charge in [-0.3, -0.25) is 14.5 Å². The van der Waals surface area contributed by atoms with Crippen LogP contribution < -0.4 is 0 Å². The smallest absolute Gasteiger partial charge is 0.327 e. The van der Waals surface area contributed by atoms with Gasteiger partial charge in [-0.05, 0) is 29.1 Å². The van der Waals surface area contributed by atoms with Crippen molar-refractivity contribution in [1.82, 2.24) is 4.90 Å². The number of benzene rings is 3. The first kappa shape index (κ1) is 17.4. The minimum absolute atomic E-state index is 0.0511. The molecular weight excluding hydrogens is 410 g/mol. The van der Waals surface area contributed by atoms with Crippen LogP contribution in [-0.2, 0) is 11.2 Å². The monoisotopic (exact) mass is 423 g/mol. The largest absolute Gasteiger partial charge is 0.480 e. The molecule has 1 aliphatic rings. The number of carboxylic acids is 1. The number of halogens is 1. The molecule has 6 heteroatoms. The van der Waals surface area contributed by atoms with Gasteiger partial charge in [0.1, 0.15) is 6.04 Å². The van der Waals surface area contributed by atoms with E-state index in [9.17, 15) is 19.5 Å². The van der Waals surface area contributed by atoms with Crippen LogP contribution in [0.4, 0.5) is 0 Å². The first-order valence-corrected chi connectivity index (χ1v) is 9.14. The van der Waals surface area contributed by atoms with Crippen molar-refractivity contribution >= 4 is 44.5 Å². The van der Waals surface area contributed by atoms with E-state index < -0.39 is 23.8 Å². The van der Waals surface area contributed by atoms with E-state index in [0.29, 0.717) is 16.5 Å². The van der Waals surface area contributed by atoms with E-state index in [2.05, 4.69) is 15.9 Å². The molecular formula is C21H14BrNO4. The van der Waals surface area contributed by atoms with E-state index in [1.54, 1.807) is 48.5 Å². The number of amides is 2. The first-order valence-electron chi connectivity index (χ1n) is 8.35. The molecule has 0 bridgehead atoms. The summed E-state index contributed by atoms with van der Waals surface area (Å²) in [5, 5.41) is 11.1. The van der Waals surface area contributed by atoms with Gasteiger partial charge in [0.15, 0.2) is 0 Å². The van der Waals surface area contributed by atoms with E-state index in [4.69, 9.17) is 0 Å². The van der Waals surface area contributed by atoms with Crippen molar-refractivity contribution in [3.63, 3.8) is 0 Å². The highest BCUT2D eigenvalue weighted by Crippen LogP contribution is 2.35. The number of carbonyl (C=O) groups excluding carboxylic acids is 2. The fraction of sp³-hybridized carbons (Fsp3) is 0.0952. The molecule has 3 aromatic rings. The quantitative estimate of drug-likeness (QED) is 0.645. The van der Waals surface area contributed by atoms with Crippen LogP contribution in [-0.4, -0.2) is 33.8 Å². The van der Waals surface area contributed by atoms with E-state index in [1.807, 2.05) is 12.1 Å². The second kappa shape index (κ2) is 6.63. The lowest BCUT2D eigenvalue weighted by Gasteiger charge is -2.31. The van der Waals surface area contributed by atoms with Gasteiger partial charge >= 0.3 is 5.97 Å². The van der Waals surface area contributed by atoms with Gasteiger partial charge in [0.25, 0.3) is 11.8 Å². The number of hydrogen-bond acceptors (Lipinski definition) is 3. The van der Waals surface area contributed by atoms with Crippen LogP contribution in [0.25, 0.3) is 10.8 Å². The predicted octanol–water partition coefficient (Wildman–Crippen LogP) is 3.89. The van der Waals surface area contributed by atoms with Crippen molar-refractivity contribution in [2.45, 2.75) is 12.5 Å². The molecule has 134 valence electrons. The Kier molecular flexibility index (Phi) is 4.28. The molecule has 0 aliphatic carbocycles. The molecule has 0 radical (unpaired) electrons. The molecule has 1 N–H and O–H groups in total. The van der Waals surface area contributed by atoms with Crippen molar-refractivity contribution in [3.05, 3.63) is 81.8 Å². The molecule has 1 heterocycles. The van der Waals surface area contributed by atoms with Gasteiger partial charge in [0.2, 0.25) is 0 Å². The molecule has 0 unspecified atom stereocenters. The first-order chi connectivity index (χ1) is 13.0. The molecule has 3 aromatic carbocycles. The van der Waals surface area contributed by atoms with E-state index in [0.717, 1.165) is 20.3 Å². The fourth-order valence-electron chi connectivity index (χ4n) is 3.49. The molecule has 0 aromatic heterocycles. The predicted molar refractivity (Wildman–Crippen MR) is 104 cm³/mol. The van der Waals surface area contributed by atoms with E-state index >= 15 is 0 Å². The summed E-state index contributed by atoms with van der Waals surface area (Å²) in [7, 11) is 0. The zero-order valence-corrected chi connectivity index (χ0v) is 15.6. The highest BCUT2D eigenvalue weighted by atomic mass is 79.9. The van der Waals surface area contributed by atoms with Crippen LogP contribution in [0.3, 0.4) is 0 Å². The average Bonchev–Trinajstić information content (AvgIpc) is 2.67. The highest BCUT2D eigenvalue weighted by molar-refractivity contribution is 9.10. The summed E-state index contributed by atoms with van der Waals surface area (Å²) in [5.74, 6) is -2.38. The number of carboxylic acid groups (broad SMARTS) is 1. The average molecular weight is 424 g/mol. The molecule has 5 nitrogen and oxygen atoms in total. The second-order valence-corrected chi connectivity index (χ2v) is 7.20. The van der Waals surface area contributed by atoms with Gasteiger partial charge in [-0.15, -0.1) is 0 Å². The van der Waals surface area contributed by atoms with Crippen LogP contribution in [0.15, 0.2) is 65.1 Å². The third-order valence-corrected chi connectivity index (χ3v) is 5.45. The molecule has 27 heavy (non-hydrogen) atoms. The summed E-state index contributed by atoms with van der Waals surface area (Å²) in [5.41, 5.74) is 1.41. The fourth-order valence-corrected chi connectivity index (χ4v) is 3.95. The third-order valence-electron chi connectivity index (χ3n) is 4.75. The number of imide groups is 1. The lowest BCUT2D eigenvalue weighted by Crippen LogP contribution is -2.51. The van der Waals surface area contributed by atoms with Gasteiger partial charge < -0.3 is 5.11 Å². The van der Waals surface area contributed by atoms with Crippen molar-refractivity contribution in [2.75, 3.05) is 0 Å². The standard InChI is InChI=1S/C21H14BrNO4/c22-16-10-9-15-18-13(16)7-4-8-14(18)19(24)23(20(15)25)17(21(26)27)11-12-5-2-1-3-6-12/h1-10,17H,11H2,(H,26,27)/t17-/m0/s1. The van der Waals surface area contributed by atoms with Gasteiger partial charge in [-0.2, -0.15) is 0 Å². The van der Waals surface area contributed by atoms with Gasteiger partial charge in [0.05, 0.1) is 0 Å². The van der Waals surface area contributed by atoms with Crippen molar-refractivity contribution in [1.29, 1.82) is 0 Å². The lowest BCUT2D eigenvalue weighted by atomic mass is 9.92. The topological polar surface area (TPSA) is 74.7 Å². The van der Waals surface area contributed by atoms with Crippen molar-refractivity contribution in [3.8, 4) is 0 Å². The summed E-state index contributed by atoms with van der Waals surface area (Å²) in [6, 6.07) is 16.2. The van der Waals surface area contributed by atoms with E-state index in [1.165, 1.54) is 0 Å². The number of hydrogen-bond donors (Lipinski definition) is 1. The number of aliphatic carboxylic acids is 1. The Morgan fingerprint density at radius 1 is 0.926 bits per heavy atom.